The molecule has 0 heterocycles. The van der Waals surface area contributed by atoms with Crippen molar-refractivity contribution >= 4 is 11.8 Å². The van der Waals surface area contributed by atoms with Crippen molar-refractivity contribution in [2.75, 3.05) is 28.3 Å². The molecule has 6 heteroatoms. The van der Waals surface area contributed by atoms with Crippen LogP contribution in [0.25, 0.3) is 0 Å². The van der Waals surface area contributed by atoms with Crippen LogP contribution in [0.2, 0.25) is 0 Å². The summed E-state index contributed by atoms with van der Waals surface area (Å²) < 4.78 is 10.8. The number of amides is 2. The molecule has 3 rings (SSSR count). The normalized spacial score (nSPS) is 18.0. The number of carbonyl (C=O) groups is 2. The molecule has 32 heavy (non-hydrogen) atoms. The maximum atomic E-state index is 13.1. The molecule has 0 aliphatic heterocycles. The van der Waals surface area contributed by atoms with E-state index in [2.05, 4.69) is 0 Å². The molecule has 1 saturated carbocycles. The van der Waals surface area contributed by atoms with Gasteiger partial charge in [-0.15, -0.1) is 0 Å². The fraction of sp³-hybridized carbons (Fsp3) is 0.462. The van der Waals surface area contributed by atoms with Crippen molar-refractivity contribution in [1.82, 2.24) is 9.80 Å². The van der Waals surface area contributed by atoms with Crippen molar-refractivity contribution in [3.63, 3.8) is 0 Å². The molecule has 0 bridgehead atoms. The number of rotatable bonds is 8. The number of ether oxygens (including phenoxy) is 2. The third-order valence-corrected chi connectivity index (χ3v) is 6.54. The molecule has 1 aliphatic carbocycles. The Labute approximate surface area is 191 Å². The van der Waals surface area contributed by atoms with E-state index >= 15 is 0 Å². The highest BCUT2D eigenvalue weighted by atomic mass is 16.5. The smallest absolute Gasteiger partial charge is 0.227 e. The van der Waals surface area contributed by atoms with E-state index in [9.17, 15) is 9.59 Å². The van der Waals surface area contributed by atoms with Gasteiger partial charge in [-0.3, -0.25) is 9.59 Å². The number of nitrogens with zero attached hydrogens (tertiary/aromatic N) is 2. The average Bonchev–Trinajstić information content (AvgIpc) is 2.83. The number of likely N-dealkylation sites (N-methyl/N-ethyl adjacent to an activating group) is 2. The third-order valence-electron chi connectivity index (χ3n) is 6.54. The maximum absolute atomic E-state index is 13.1. The lowest BCUT2D eigenvalue weighted by Gasteiger charge is -2.42. The minimum atomic E-state index is -0.00224. The van der Waals surface area contributed by atoms with E-state index in [1.54, 1.807) is 14.2 Å². The Balaban J connectivity index is 1.71. The van der Waals surface area contributed by atoms with Gasteiger partial charge in [0.1, 0.15) is 11.5 Å². The van der Waals surface area contributed by atoms with E-state index in [0.717, 1.165) is 48.3 Å². The highest BCUT2D eigenvalue weighted by Crippen LogP contribution is 2.28. The molecule has 0 saturated heterocycles. The Hall–Kier alpha value is -3.02. The first-order chi connectivity index (χ1) is 15.5. The van der Waals surface area contributed by atoms with Gasteiger partial charge in [0.2, 0.25) is 11.8 Å². The summed E-state index contributed by atoms with van der Waals surface area (Å²) in [5.41, 5.74) is 1.75. The zero-order valence-electron chi connectivity index (χ0n) is 19.5. The fourth-order valence-electron chi connectivity index (χ4n) is 4.64. The third kappa shape index (κ3) is 5.42. The lowest BCUT2D eigenvalue weighted by atomic mass is 9.87. The molecule has 2 amide bonds. The van der Waals surface area contributed by atoms with Gasteiger partial charge in [0.15, 0.2) is 0 Å². The predicted octanol–water partition coefficient (Wildman–Crippen LogP) is 3.72. The predicted molar refractivity (Wildman–Crippen MR) is 125 cm³/mol. The van der Waals surface area contributed by atoms with Crippen LogP contribution >= 0.6 is 0 Å². The van der Waals surface area contributed by atoms with Gasteiger partial charge in [0, 0.05) is 25.2 Å². The maximum Gasteiger partial charge on any atom is 0.227 e. The molecule has 0 spiro atoms. The Morgan fingerprint density at radius 1 is 0.750 bits per heavy atom. The molecule has 0 unspecified atom stereocenters. The van der Waals surface area contributed by atoms with E-state index in [1.165, 1.54) is 0 Å². The Morgan fingerprint density at radius 2 is 1.12 bits per heavy atom. The molecular weight excluding hydrogens is 404 g/mol. The van der Waals surface area contributed by atoms with E-state index in [0.29, 0.717) is 0 Å². The number of carbonyl (C=O) groups excluding carboxylic acids is 2. The Kier molecular flexibility index (Phi) is 8.14. The number of benzene rings is 2. The van der Waals surface area contributed by atoms with E-state index < -0.39 is 0 Å². The lowest BCUT2D eigenvalue weighted by Crippen LogP contribution is -2.54. The summed E-state index contributed by atoms with van der Waals surface area (Å²) >= 11 is 0. The molecule has 0 aromatic heterocycles. The minimum absolute atomic E-state index is 0.00224. The number of hydrogen-bond donors (Lipinski definition) is 0. The first-order valence-corrected chi connectivity index (χ1v) is 11.2. The van der Waals surface area contributed by atoms with Gasteiger partial charge >= 0.3 is 0 Å². The van der Waals surface area contributed by atoms with Crippen molar-refractivity contribution < 1.29 is 19.1 Å². The number of para-hydroxylation sites is 2. The van der Waals surface area contributed by atoms with Gasteiger partial charge in [-0.2, -0.15) is 0 Å². The lowest BCUT2D eigenvalue weighted by molar-refractivity contribution is -0.139. The second-order valence-electron chi connectivity index (χ2n) is 8.41. The summed E-state index contributed by atoms with van der Waals surface area (Å²) in [4.78, 5) is 30.0. The van der Waals surface area contributed by atoms with Crippen molar-refractivity contribution in [1.29, 1.82) is 0 Å². The first-order valence-electron chi connectivity index (χ1n) is 11.2. The minimum Gasteiger partial charge on any atom is -0.496 e. The summed E-state index contributed by atoms with van der Waals surface area (Å²) in [5.74, 6) is 1.52. The second kappa shape index (κ2) is 11.0. The van der Waals surface area contributed by atoms with Crippen LogP contribution in [0.15, 0.2) is 48.5 Å². The van der Waals surface area contributed by atoms with E-state index in [-0.39, 0.29) is 36.7 Å². The quantitative estimate of drug-likeness (QED) is 0.630. The molecule has 2 atom stereocenters. The molecule has 6 nitrogen and oxygen atoms in total. The summed E-state index contributed by atoms with van der Waals surface area (Å²) in [6, 6.07) is 15.2. The van der Waals surface area contributed by atoms with Crippen LogP contribution in [0.1, 0.15) is 36.8 Å². The summed E-state index contributed by atoms with van der Waals surface area (Å²) in [6.07, 6.45) is 4.46. The fourth-order valence-corrected chi connectivity index (χ4v) is 4.64. The van der Waals surface area contributed by atoms with Gasteiger partial charge in [-0.05, 0) is 25.0 Å². The van der Waals surface area contributed by atoms with Crippen molar-refractivity contribution in [2.24, 2.45) is 0 Å². The molecule has 0 N–H and O–H groups in total. The van der Waals surface area contributed by atoms with Crippen molar-refractivity contribution in [3.05, 3.63) is 59.7 Å². The first kappa shape index (κ1) is 23.6. The van der Waals surface area contributed by atoms with Crippen LogP contribution in [0.3, 0.4) is 0 Å². The summed E-state index contributed by atoms with van der Waals surface area (Å²) in [6.45, 7) is 0. The van der Waals surface area contributed by atoms with Crippen LogP contribution in [-0.4, -0.2) is 62.0 Å². The summed E-state index contributed by atoms with van der Waals surface area (Å²) in [5, 5.41) is 0. The molecule has 172 valence electrons. The van der Waals surface area contributed by atoms with Crippen molar-refractivity contribution in [3.8, 4) is 11.5 Å². The molecular formula is C26H34N2O4. The Bertz CT molecular complexity index is 854. The van der Waals surface area contributed by atoms with Gasteiger partial charge in [-0.25, -0.2) is 0 Å². The molecule has 1 aliphatic rings. The largest absolute Gasteiger partial charge is 0.496 e. The van der Waals surface area contributed by atoms with Gasteiger partial charge in [-0.1, -0.05) is 49.2 Å². The molecule has 2 aromatic rings. The van der Waals surface area contributed by atoms with Gasteiger partial charge in [0.05, 0.1) is 39.1 Å². The second-order valence-corrected chi connectivity index (χ2v) is 8.41. The van der Waals surface area contributed by atoms with Gasteiger partial charge in [0.25, 0.3) is 0 Å². The number of methoxy groups -OCH3 is 2. The zero-order chi connectivity index (χ0) is 23.1. The molecule has 2 aromatic carbocycles. The van der Waals surface area contributed by atoms with E-state index in [4.69, 9.17) is 9.47 Å². The van der Waals surface area contributed by atoms with E-state index in [1.807, 2.05) is 72.4 Å². The van der Waals surface area contributed by atoms with Gasteiger partial charge < -0.3 is 19.3 Å². The monoisotopic (exact) mass is 438 g/mol. The van der Waals surface area contributed by atoms with Crippen LogP contribution in [0.5, 0.6) is 11.5 Å². The number of hydrogen-bond acceptors (Lipinski definition) is 4. The highest BCUT2D eigenvalue weighted by Gasteiger charge is 2.35. The van der Waals surface area contributed by atoms with Crippen LogP contribution in [0, 0.1) is 0 Å². The van der Waals surface area contributed by atoms with Crippen LogP contribution < -0.4 is 9.47 Å². The molecule has 0 radical (unpaired) electrons. The zero-order valence-corrected chi connectivity index (χ0v) is 19.5. The topological polar surface area (TPSA) is 59.1 Å². The standard InChI is InChI=1S/C26H34N2O4/c1-27(25(29)17-19-11-5-9-15-23(19)31-3)21-13-7-8-14-22(21)28(2)26(30)18-20-12-6-10-16-24(20)32-4/h5-6,9-12,15-16,21-22H,7-8,13-14,17-18H2,1-4H3/t21-,22+. The molecule has 1 fully saturated rings. The highest BCUT2D eigenvalue weighted by molar-refractivity contribution is 5.81. The SMILES string of the molecule is COc1ccccc1CC(=O)N(C)[C@@H]1CCCC[C@@H]1N(C)C(=O)Cc1ccccc1OC. The average molecular weight is 439 g/mol. The van der Waals surface area contributed by atoms with Crippen molar-refractivity contribution in [2.45, 2.75) is 50.6 Å². The Morgan fingerprint density at radius 3 is 1.50 bits per heavy atom. The van der Waals surface area contributed by atoms with Crippen LogP contribution in [0.4, 0.5) is 0 Å². The van der Waals surface area contributed by atoms with Crippen LogP contribution in [-0.2, 0) is 22.4 Å². The summed E-state index contributed by atoms with van der Waals surface area (Å²) in [7, 11) is 6.96.